The molecule has 8 nitrogen and oxygen atoms in total. The Morgan fingerprint density at radius 2 is 1.69 bits per heavy atom. The zero-order chi connectivity index (χ0) is 21.8. The van der Waals surface area contributed by atoms with Crippen LogP contribution in [0.1, 0.15) is 17.3 Å². The van der Waals surface area contributed by atoms with Crippen molar-refractivity contribution in [3.05, 3.63) is 59.1 Å². The van der Waals surface area contributed by atoms with Crippen molar-refractivity contribution in [2.75, 3.05) is 26.1 Å². The van der Waals surface area contributed by atoms with Crippen LogP contribution in [0.15, 0.2) is 53.4 Å². The van der Waals surface area contributed by atoms with Gasteiger partial charge in [-0.25, -0.2) is 13.2 Å². The number of para-hydroxylation sites is 1. The van der Waals surface area contributed by atoms with Crippen molar-refractivity contribution in [2.45, 2.75) is 17.9 Å². The minimum absolute atomic E-state index is 0.0699. The normalized spacial score (nSPS) is 12.5. The largest absolute Gasteiger partial charge is 0.449 e. The molecule has 156 valence electrons. The Morgan fingerprint density at radius 1 is 1.07 bits per heavy atom. The Morgan fingerprint density at radius 3 is 2.28 bits per heavy atom. The molecule has 2 rings (SSSR count). The molecule has 0 aliphatic carbocycles. The lowest BCUT2D eigenvalue weighted by molar-refractivity contribution is -0.126. The van der Waals surface area contributed by atoms with Crippen LogP contribution in [0.25, 0.3) is 0 Å². The van der Waals surface area contributed by atoms with Crippen LogP contribution < -0.4 is 4.90 Å². The second kappa shape index (κ2) is 9.36. The zero-order valence-electron chi connectivity index (χ0n) is 16.3. The number of benzene rings is 2. The van der Waals surface area contributed by atoms with E-state index >= 15 is 0 Å². The Hall–Kier alpha value is -2.46. The van der Waals surface area contributed by atoms with E-state index < -0.39 is 28.0 Å². The molecule has 0 saturated heterocycles. The van der Waals surface area contributed by atoms with Crippen LogP contribution in [0, 0.1) is 0 Å². The van der Waals surface area contributed by atoms with Crippen LogP contribution in [0.5, 0.6) is 0 Å². The van der Waals surface area contributed by atoms with E-state index in [1.807, 2.05) is 6.07 Å². The van der Waals surface area contributed by atoms with E-state index in [0.29, 0.717) is 10.2 Å². The predicted octanol–water partition coefficient (Wildman–Crippen LogP) is 2.73. The van der Waals surface area contributed by atoms with Gasteiger partial charge in [-0.3, -0.25) is 9.63 Å². The molecule has 0 saturated carbocycles. The number of ether oxygens (including phenoxy) is 1. The van der Waals surface area contributed by atoms with E-state index in [9.17, 15) is 18.0 Å². The number of amides is 1. The van der Waals surface area contributed by atoms with E-state index in [1.54, 1.807) is 31.3 Å². The number of hydrogen-bond acceptors (Lipinski definition) is 6. The monoisotopic (exact) mass is 440 g/mol. The van der Waals surface area contributed by atoms with Gasteiger partial charge in [-0.1, -0.05) is 34.3 Å². The standard InChI is InChI=1S/C19H21ClN2O6S/c1-13(18(23)21(2)15-8-6-5-7-9-15)28-19(24)14-10-11-16(20)17(12-14)29(25,26)22(3)27-4/h5-13H,1-4H3. The summed E-state index contributed by atoms with van der Waals surface area (Å²) in [4.78, 5) is 30.8. The molecule has 1 amide bonds. The highest BCUT2D eigenvalue weighted by atomic mass is 35.5. The highest BCUT2D eigenvalue weighted by Gasteiger charge is 2.27. The van der Waals surface area contributed by atoms with Crippen LogP contribution in [0.3, 0.4) is 0 Å². The number of sulfonamides is 1. The molecule has 0 radical (unpaired) electrons. The number of rotatable bonds is 7. The molecule has 0 fully saturated rings. The van der Waals surface area contributed by atoms with Gasteiger partial charge in [0.2, 0.25) is 0 Å². The third kappa shape index (κ3) is 5.13. The Bertz CT molecular complexity index is 997. The average Bonchev–Trinajstić information content (AvgIpc) is 2.72. The number of anilines is 1. The Balaban J connectivity index is 2.21. The molecule has 1 atom stereocenters. The molecule has 0 aliphatic rings. The molecule has 0 heterocycles. The molecular formula is C19H21ClN2O6S. The topological polar surface area (TPSA) is 93.2 Å². The minimum atomic E-state index is -4.07. The summed E-state index contributed by atoms with van der Waals surface area (Å²) in [6.07, 6.45) is -1.09. The smallest absolute Gasteiger partial charge is 0.338 e. The lowest BCUT2D eigenvalue weighted by Crippen LogP contribution is -2.37. The first-order valence-electron chi connectivity index (χ1n) is 8.45. The number of hydrogen-bond donors (Lipinski definition) is 0. The maximum absolute atomic E-state index is 12.5. The van der Waals surface area contributed by atoms with Gasteiger partial charge in [0.15, 0.2) is 6.10 Å². The summed E-state index contributed by atoms with van der Waals surface area (Å²) < 4.78 is 30.7. The van der Waals surface area contributed by atoms with Gasteiger partial charge in [-0.05, 0) is 37.3 Å². The van der Waals surface area contributed by atoms with E-state index in [4.69, 9.17) is 21.2 Å². The number of nitrogens with zero attached hydrogens (tertiary/aromatic N) is 2. The van der Waals surface area contributed by atoms with Gasteiger partial charge in [-0.2, -0.15) is 0 Å². The predicted molar refractivity (Wildman–Crippen MR) is 108 cm³/mol. The first-order chi connectivity index (χ1) is 13.6. The SMILES string of the molecule is CON(C)S(=O)(=O)c1cc(C(=O)OC(C)C(=O)N(C)c2ccccc2)ccc1Cl. The summed E-state index contributed by atoms with van der Waals surface area (Å²) in [5, 5.41) is -0.0848. The van der Waals surface area contributed by atoms with E-state index in [2.05, 4.69) is 0 Å². The van der Waals surface area contributed by atoms with Crippen LogP contribution in [0.4, 0.5) is 5.69 Å². The molecular weight excluding hydrogens is 420 g/mol. The highest BCUT2D eigenvalue weighted by Crippen LogP contribution is 2.26. The summed E-state index contributed by atoms with van der Waals surface area (Å²) in [7, 11) is -0.137. The van der Waals surface area contributed by atoms with Crippen LogP contribution in [-0.4, -0.2) is 52.1 Å². The van der Waals surface area contributed by atoms with E-state index in [1.165, 1.54) is 38.1 Å². The lowest BCUT2D eigenvalue weighted by atomic mass is 10.2. The van der Waals surface area contributed by atoms with Gasteiger partial charge >= 0.3 is 5.97 Å². The fraction of sp³-hybridized carbons (Fsp3) is 0.263. The number of halogens is 1. The van der Waals surface area contributed by atoms with Crippen molar-refractivity contribution < 1.29 is 27.6 Å². The second-order valence-electron chi connectivity index (χ2n) is 6.02. The Labute approximate surface area is 174 Å². The van der Waals surface area contributed by atoms with Crippen molar-refractivity contribution in [3.8, 4) is 0 Å². The van der Waals surface area contributed by atoms with Gasteiger partial charge in [-0.15, -0.1) is 0 Å². The Kier molecular flexibility index (Phi) is 7.37. The van der Waals surface area contributed by atoms with Gasteiger partial charge < -0.3 is 9.64 Å². The maximum Gasteiger partial charge on any atom is 0.338 e. The fourth-order valence-corrected chi connectivity index (χ4v) is 3.87. The van der Waals surface area contributed by atoms with Crippen molar-refractivity contribution in [1.82, 2.24) is 4.47 Å². The quantitative estimate of drug-likeness (QED) is 0.485. The summed E-state index contributed by atoms with van der Waals surface area (Å²) in [5.41, 5.74) is 0.572. The first-order valence-corrected chi connectivity index (χ1v) is 10.3. The first kappa shape index (κ1) is 22.8. The van der Waals surface area contributed by atoms with Crippen molar-refractivity contribution in [1.29, 1.82) is 0 Å². The van der Waals surface area contributed by atoms with E-state index in [0.717, 1.165) is 6.07 Å². The number of likely N-dealkylation sites (N-methyl/N-ethyl adjacent to an activating group) is 1. The molecule has 0 N–H and O–H groups in total. The van der Waals surface area contributed by atoms with Crippen LogP contribution >= 0.6 is 11.6 Å². The summed E-state index contributed by atoms with van der Waals surface area (Å²) >= 11 is 5.98. The van der Waals surface area contributed by atoms with Crippen molar-refractivity contribution in [3.63, 3.8) is 0 Å². The molecule has 2 aromatic rings. The van der Waals surface area contributed by atoms with Crippen molar-refractivity contribution >= 4 is 39.2 Å². The van der Waals surface area contributed by atoms with Gasteiger partial charge in [0.1, 0.15) is 4.90 Å². The van der Waals surface area contributed by atoms with Crippen LogP contribution in [0.2, 0.25) is 5.02 Å². The average molecular weight is 441 g/mol. The number of carbonyl (C=O) groups excluding carboxylic acids is 2. The summed E-state index contributed by atoms with van der Waals surface area (Å²) in [6.45, 7) is 1.44. The number of carbonyl (C=O) groups is 2. The molecule has 0 aliphatic heterocycles. The molecule has 29 heavy (non-hydrogen) atoms. The van der Waals surface area contributed by atoms with Crippen molar-refractivity contribution in [2.24, 2.45) is 0 Å². The minimum Gasteiger partial charge on any atom is -0.449 e. The fourth-order valence-electron chi connectivity index (χ4n) is 2.40. The van der Waals surface area contributed by atoms with Gasteiger partial charge in [0, 0.05) is 19.8 Å². The molecule has 0 bridgehead atoms. The number of hydroxylamine groups is 1. The number of esters is 1. The summed E-state index contributed by atoms with van der Waals surface area (Å²) in [5.74, 6) is -1.30. The molecule has 10 heteroatoms. The third-order valence-electron chi connectivity index (χ3n) is 4.15. The second-order valence-corrected chi connectivity index (χ2v) is 8.33. The molecule has 0 spiro atoms. The third-order valence-corrected chi connectivity index (χ3v) is 6.31. The molecule has 1 unspecified atom stereocenters. The van der Waals surface area contributed by atoms with Gasteiger partial charge in [0.25, 0.3) is 15.9 Å². The van der Waals surface area contributed by atoms with Gasteiger partial charge in [0.05, 0.1) is 17.7 Å². The lowest BCUT2D eigenvalue weighted by Gasteiger charge is -2.21. The zero-order valence-corrected chi connectivity index (χ0v) is 17.9. The highest BCUT2D eigenvalue weighted by molar-refractivity contribution is 7.89. The maximum atomic E-state index is 12.5. The molecule has 0 aromatic heterocycles. The molecule has 2 aromatic carbocycles. The van der Waals surface area contributed by atoms with Crippen LogP contribution in [-0.2, 0) is 24.4 Å². The van der Waals surface area contributed by atoms with E-state index in [-0.39, 0.29) is 15.5 Å². The summed E-state index contributed by atoms with van der Waals surface area (Å²) in [6, 6.07) is 12.5.